The molecule has 0 spiro atoms. The first-order valence-electron chi connectivity index (χ1n) is 19.4. The molecule has 5 heteroatoms. The Hall–Kier alpha value is -0.200. The van der Waals surface area contributed by atoms with Crippen molar-refractivity contribution < 1.29 is 23.7 Å². The molecule has 3 heterocycles. The van der Waals surface area contributed by atoms with E-state index in [1.54, 1.807) is 0 Å². The Bertz CT molecular complexity index is 1240. The van der Waals surface area contributed by atoms with Crippen LogP contribution in [0.1, 0.15) is 173 Å². The van der Waals surface area contributed by atoms with Gasteiger partial charge in [0.15, 0.2) is 0 Å². The predicted molar refractivity (Wildman–Crippen MR) is 206 cm³/mol. The molecule has 4 atom stereocenters. The maximum absolute atomic E-state index is 7.18. The van der Waals surface area contributed by atoms with Crippen LogP contribution in [0.15, 0.2) is 0 Å². The molecule has 3 aliphatic heterocycles. The van der Waals surface area contributed by atoms with Gasteiger partial charge in [-0.05, 0) is 94.8 Å². The Kier molecular flexibility index (Phi) is 10.1. The molecule has 3 fully saturated rings. The second kappa shape index (κ2) is 11.4. The van der Waals surface area contributed by atoms with E-state index in [1.807, 2.05) is 0 Å². The van der Waals surface area contributed by atoms with E-state index < -0.39 is 11.2 Å². The van der Waals surface area contributed by atoms with Gasteiger partial charge in [-0.2, -0.15) is 0 Å². The summed E-state index contributed by atoms with van der Waals surface area (Å²) in [5, 5.41) is 0. The van der Waals surface area contributed by atoms with Crippen LogP contribution in [0.3, 0.4) is 0 Å². The Morgan fingerprint density at radius 3 is 1.27 bits per heavy atom. The number of rotatable bonds is 8. The van der Waals surface area contributed by atoms with Gasteiger partial charge in [0.2, 0.25) is 0 Å². The summed E-state index contributed by atoms with van der Waals surface area (Å²) in [5.74, 6) is 0. The second-order valence-electron chi connectivity index (χ2n) is 23.2. The molecule has 3 saturated heterocycles. The van der Waals surface area contributed by atoms with Gasteiger partial charge in [-0.15, -0.1) is 0 Å². The lowest BCUT2D eigenvalue weighted by Crippen LogP contribution is -2.72. The SMILES string of the molecule is CC1(C)O[C@@](C)(COC[C@]2(C)C(C)(C)O[C@@H](COC[C@]3(C)C(C)(C)OC(C)(C)C(C)(C)C3(C)C)C(C)(C)C2(C)C)C(C)(C)C(C)(C)C1(C)C. The first-order valence-corrected chi connectivity index (χ1v) is 19.4. The quantitative estimate of drug-likeness (QED) is 0.253. The first-order chi connectivity index (χ1) is 21.2. The van der Waals surface area contributed by atoms with Crippen molar-refractivity contribution >= 4 is 0 Å². The Morgan fingerprint density at radius 1 is 0.367 bits per heavy atom. The van der Waals surface area contributed by atoms with Gasteiger partial charge in [0.05, 0.1) is 60.5 Å². The van der Waals surface area contributed by atoms with E-state index in [0.29, 0.717) is 26.4 Å². The maximum Gasteiger partial charge on any atom is 0.0950 e. The van der Waals surface area contributed by atoms with Crippen LogP contribution in [-0.2, 0) is 23.7 Å². The van der Waals surface area contributed by atoms with E-state index in [1.165, 1.54) is 0 Å². The van der Waals surface area contributed by atoms with E-state index in [-0.39, 0.29) is 71.6 Å². The second-order valence-corrected chi connectivity index (χ2v) is 23.2. The molecule has 0 saturated carbocycles. The molecular formula is C44H84O5. The molecule has 0 N–H and O–H groups in total. The first kappa shape index (κ1) is 43.2. The molecule has 0 amide bonds. The molecule has 0 aliphatic carbocycles. The van der Waals surface area contributed by atoms with Gasteiger partial charge < -0.3 is 23.7 Å². The molecule has 0 unspecified atom stereocenters. The van der Waals surface area contributed by atoms with Gasteiger partial charge in [0, 0.05) is 16.2 Å². The number of hydrogen-bond acceptors (Lipinski definition) is 5. The topological polar surface area (TPSA) is 46.2 Å². The minimum atomic E-state index is -0.466. The molecule has 3 rings (SSSR count). The number of ether oxygens (including phenoxy) is 5. The van der Waals surface area contributed by atoms with Crippen LogP contribution in [0.25, 0.3) is 0 Å². The predicted octanol–water partition coefficient (Wildman–Crippen LogP) is 11.5. The molecule has 3 aliphatic rings. The van der Waals surface area contributed by atoms with Crippen molar-refractivity contribution in [2.45, 2.75) is 207 Å². The minimum Gasteiger partial charge on any atom is -0.378 e. The zero-order valence-electron chi connectivity index (χ0n) is 37.4. The van der Waals surface area contributed by atoms with Crippen molar-refractivity contribution in [2.24, 2.45) is 48.7 Å². The van der Waals surface area contributed by atoms with Crippen molar-refractivity contribution in [3.8, 4) is 0 Å². The fourth-order valence-electron chi connectivity index (χ4n) is 10.6. The summed E-state index contributed by atoms with van der Waals surface area (Å²) in [6.07, 6.45) is -0.0867. The van der Waals surface area contributed by atoms with Crippen LogP contribution >= 0.6 is 0 Å². The van der Waals surface area contributed by atoms with Gasteiger partial charge in [0.1, 0.15) is 0 Å². The van der Waals surface area contributed by atoms with Crippen molar-refractivity contribution in [1.82, 2.24) is 0 Å². The van der Waals surface area contributed by atoms with Gasteiger partial charge in [-0.25, -0.2) is 0 Å². The standard InChI is InChI=1S/C44H84O5/c1-31(2)30(26-45-27-43(24)36(11,12)35(9,10)38(15,16)48-41(43,21)22)47-40(19,20)42(23,32(31,3)4)28-46-29-44(25)37(13,14)33(5,6)34(7,8)39(17,18)49-44/h30H,26-29H2,1-25H3/t30-,42-,43-,44-/m0/s1. The van der Waals surface area contributed by atoms with E-state index in [2.05, 4.69) is 173 Å². The molecular weight excluding hydrogens is 608 g/mol. The van der Waals surface area contributed by atoms with E-state index in [0.717, 1.165) is 0 Å². The van der Waals surface area contributed by atoms with Crippen LogP contribution in [0.5, 0.6) is 0 Å². The zero-order valence-corrected chi connectivity index (χ0v) is 37.4. The molecule has 0 aromatic rings. The normalized spacial score (nSPS) is 40.0. The summed E-state index contributed by atoms with van der Waals surface area (Å²) in [7, 11) is 0. The van der Waals surface area contributed by atoms with Crippen LogP contribution in [-0.4, -0.2) is 60.5 Å². The maximum atomic E-state index is 7.18. The fraction of sp³-hybridized carbons (Fsp3) is 1.00. The summed E-state index contributed by atoms with van der Waals surface area (Å²) in [5.41, 5.74) is -3.05. The lowest BCUT2D eigenvalue weighted by molar-refractivity contribution is -0.351. The molecule has 0 radical (unpaired) electrons. The highest BCUT2D eigenvalue weighted by molar-refractivity contribution is 5.17. The lowest BCUT2D eigenvalue weighted by Gasteiger charge is -2.70. The molecule has 0 aromatic heterocycles. The van der Waals surface area contributed by atoms with E-state index in [4.69, 9.17) is 23.7 Å². The van der Waals surface area contributed by atoms with Crippen molar-refractivity contribution in [2.75, 3.05) is 26.4 Å². The Morgan fingerprint density at radius 2 is 0.776 bits per heavy atom. The summed E-state index contributed by atoms with van der Waals surface area (Å²) in [6.45, 7) is 60.6. The number of hydrogen-bond donors (Lipinski definition) is 0. The average molecular weight is 693 g/mol. The van der Waals surface area contributed by atoms with Crippen LogP contribution < -0.4 is 0 Å². The van der Waals surface area contributed by atoms with E-state index in [9.17, 15) is 0 Å². The van der Waals surface area contributed by atoms with Gasteiger partial charge >= 0.3 is 0 Å². The molecule has 0 aromatic carbocycles. The summed E-state index contributed by atoms with van der Waals surface area (Å²) in [4.78, 5) is 0. The smallest absolute Gasteiger partial charge is 0.0950 e. The van der Waals surface area contributed by atoms with Gasteiger partial charge in [0.25, 0.3) is 0 Å². The summed E-state index contributed by atoms with van der Waals surface area (Å²) in [6, 6.07) is 0. The van der Waals surface area contributed by atoms with Crippen molar-refractivity contribution in [1.29, 1.82) is 0 Å². The Labute approximate surface area is 305 Å². The van der Waals surface area contributed by atoms with Crippen LogP contribution in [0, 0.1) is 48.7 Å². The molecule has 0 bridgehead atoms. The minimum absolute atomic E-state index is 0.00265. The van der Waals surface area contributed by atoms with Gasteiger partial charge in [-0.3, -0.25) is 0 Å². The highest BCUT2D eigenvalue weighted by Crippen LogP contribution is 2.68. The van der Waals surface area contributed by atoms with Crippen LogP contribution in [0.2, 0.25) is 0 Å². The summed E-state index contributed by atoms with van der Waals surface area (Å²) >= 11 is 0. The third-order valence-corrected chi connectivity index (χ3v) is 19.7. The highest BCUT2D eigenvalue weighted by atomic mass is 16.6. The molecule has 290 valence electrons. The highest BCUT2D eigenvalue weighted by Gasteiger charge is 2.70. The third kappa shape index (κ3) is 5.36. The monoisotopic (exact) mass is 693 g/mol. The van der Waals surface area contributed by atoms with E-state index >= 15 is 0 Å². The van der Waals surface area contributed by atoms with Crippen molar-refractivity contribution in [3.63, 3.8) is 0 Å². The van der Waals surface area contributed by atoms with Crippen LogP contribution in [0.4, 0.5) is 0 Å². The lowest BCUT2D eigenvalue weighted by atomic mass is 9.44. The summed E-state index contributed by atoms with van der Waals surface area (Å²) < 4.78 is 34.9. The Balaban J connectivity index is 1.85. The zero-order chi connectivity index (χ0) is 38.9. The fourth-order valence-corrected chi connectivity index (χ4v) is 10.6. The van der Waals surface area contributed by atoms with Gasteiger partial charge in [-0.1, -0.05) is 111 Å². The third-order valence-electron chi connectivity index (χ3n) is 19.7. The molecule has 49 heavy (non-hydrogen) atoms. The molecule has 5 nitrogen and oxygen atoms in total. The van der Waals surface area contributed by atoms with Crippen molar-refractivity contribution in [3.05, 3.63) is 0 Å². The largest absolute Gasteiger partial charge is 0.378 e. The average Bonchev–Trinajstić information content (AvgIpc) is 2.88.